The third-order valence-corrected chi connectivity index (χ3v) is 7.16. The highest BCUT2D eigenvalue weighted by Crippen LogP contribution is 2.44. The van der Waals surface area contributed by atoms with Crippen molar-refractivity contribution in [3.8, 4) is 5.75 Å². The first-order valence-electron chi connectivity index (χ1n) is 8.74. The zero-order chi connectivity index (χ0) is 17.4. The number of phenolic OH excluding ortho intramolecular Hbond substituents is 1. The van der Waals surface area contributed by atoms with E-state index >= 15 is 0 Å². The average molecular weight is 373 g/mol. The van der Waals surface area contributed by atoms with Gasteiger partial charge in [-0.05, 0) is 61.2 Å². The molecule has 132 valence electrons. The van der Waals surface area contributed by atoms with Crippen molar-refractivity contribution in [2.24, 2.45) is 0 Å². The molecule has 0 bridgehead atoms. The van der Waals surface area contributed by atoms with E-state index in [4.69, 9.17) is 0 Å². The fourth-order valence-electron chi connectivity index (χ4n) is 3.71. The summed E-state index contributed by atoms with van der Waals surface area (Å²) >= 11 is 3.61. The van der Waals surface area contributed by atoms with Crippen LogP contribution in [-0.2, 0) is 6.42 Å². The number of thioether (sulfide) groups is 1. The van der Waals surface area contributed by atoms with E-state index in [1.54, 1.807) is 11.8 Å². The topological polar surface area (TPSA) is 26.7 Å². The first kappa shape index (κ1) is 17.3. The molecular weight excluding hydrogens is 348 g/mol. The van der Waals surface area contributed by atoms with Gasteiger partial charge in [-0.3, -0.25) is 4.90 Å². The van der Waals surface area contributed by atoms with Gasteiger partial charge in [0.05, 0.1) is 0 Å². The maximum absolute atomic E-state index is 9.92. The molecule has 4 rings (SSSR count). The lowest BCUT2D eigenvalue weighted by Crippen LogP contribution is -2.46. The Morgan fingerprint density at radius 3 is 2.60 bits per heavy atom. The summed E-state index contributed by atoms with van der Waals surface area (Å²) in [5.41, 5.74) is 2.78. The van der Waals surface area contributed by atoms with Gasteiger partial charge in [-0.25, -0.2) is 0 Å². The Morgan fingerprint density at radius 2 is 1.84 bits per heavy atom. The first-order chi connectivity index (χ1) is 12.1. The Hall–Kier alpha value is -1.14. The van der Waals surface area contributed by atoms with Gasteiger partial charge in [0.25, 0.3) is 0 Å². The van der Waals surface area contributed by atoms with Gasteiger partial charge in [0.2, 0.25) is 0 Å². The second-order valence-corrected chi connectivity index (χ2v) is 8.82. The molecule has 2 aliphatic rings. The molecule has 0 aromatic heterocycles. The molecule has 1 fully saturated rings. The standard InChI is InChI=1S/C20H24N2OS2/c1-21-7-9-22(10-8-21)18-11-14-3-4-15(23)12-20(14)25-19-6-5-16(24-2)13-17(18)19/h3-6,12-13,18,23H,7-11H2,1-2H3. The van der Waals surface area contributed by atoms with Crippen molar-refractivity contribution < 1.29 is 5.11 Å². The lowest BCUT2D eigenvalue weighted by atomic mass is 9.96. The van der Waals surface area contributed by atoms with Crippen LogP contribution in [0.25, 0.3) is 0 Å². The minimum absolute atomic E-state index is 0.353. The Balaban J connectivity index is 1.77. The van der Waals surface area contributed by atoms with Crippen molar-refractivity contribution in [2.75, 3.05) is 39.5 Å². The predicted molar refractivity (Wildman–Crippen MR) is 106 cm³/mol. The molecule has 0 saturated carbocycles. The molecule has 2 heterocycles. The zero-order valence-corrected chi connectivity index (χ0v) is 16.4. The zero-order valence-electron chi connectivity index (χ0n) is 14.7. The second kappa shape index (κ2) is 7.23. The molecule has 1 unspecified atom stereocenters. The Bertz CT molecular complexity index is 772. The molecule has 2 aromatic rings. The lowest BCUT2D eigenvalue weighted by molar-refractivity contribution is 0.109. The van der Waals surface area contributed by atoms with Crippen LogP contribution in [0, 0.1) is 0 Å². The fraction of sp³-hybridized carbons (Fsp3) is 0.400. The molecule has 5 heteroatoms. The van der Waals surface area contributed by atoms with Gasteiger partial charge in [0, 0.05) is 46.9 Å². The van der Waals surface area contributed by atoms with Crippen LogP contribution in [0.4, 0.5) is 0 Å². The number of rotatable bonds is 2. The first-order valence-corrected chi connectivity index (χ1v) is 10.8. The quantitative estimate of drug-likeness (QED) is 0.801. The normalized spacial score (nSPS) is 21.4. The Morgan fingerprint density at radius 1 is 1.04 bits per heavy atom. The maximum atomic E-state index is 9.92. The van der Waals surface area contributed by atoms with Crippen LogP contribution in [-0.4, -0.2) is 54.4 Å². The molecule has 2 aromatic carbocycles. The molecule has 1 saturated heterocycles. The smallest absolute Gasteiger partial charge is 0.116 e. The van der Waals surface area contributed by atoms with E-state index in [0.29, 0.717) is 11.8 Å². The van der Waals surface area contributed by atoms with Crippen LogP contribution in [0.15, 0.2) is 51.1 Å². The molecule has 1 N–H and O–H groups in total. The molecule has 0 amide bonds. The SMILES string of the molecule is CSc1ccc2c(c1)C(N1CCN(C)CC1)Cc1ccc(O)cc1S2. The summed E-state index contributed by atoms with van der Waals surface area (Å²) in [6.07, 6.45) is 3.15. The van der Waals surface area contributed by atoms with Crippen molar-refractivity contribution in [3.63, 3.8) is 0 Å². The number of nitrogens with zero attached hydrogens (tertiary/aromatic N) is 2. The van der Waals surface area contributed by atoms with Crippen molar-refractivity contribution in [1.82, 2.24) is 9.80 Å². The van der Waals surface area contributed by atoms with E-state index in [2.05, 4.69) is 47.4 Å². The van der Waals surface area contributed by atoms with Gasteiger partial charge in [-0.15, -0.1) is 11.8 Å². The molecule has 0 radical (unpaired) electrons. The van der Waals surface area contributed by atoms with Gasteiger partial charge < -0.3 is 10.0 Å². The number of aromatic hydroxyl groups is 1. The van der Waals surface area contributed by atoms with E-state index in [-0.39, 0.29) is 0 Å². The summed E-state index contributed by atoms with van der Waals surface area (Å²) in [6, 6.07) is 13.1. The van der Waals surface area contributed by atoms with Crippen LogP contribution in [0.2, 0.25) is 0 Å². The lowest BCUT2D eigenvalue weighted by Gasteiger charge is -2.38. The average Bonchev–Trinajstić information content (AvgIpc) is 2.78. The Kier molecular flexibility index (Phi) is 5.00. The number of hydrogen-bond donors (Lipinski definition) is 1. The number of fused-ring (bicyclic) bond motifs is 2. The highest BCUT2D eigenvalue weighted by atomic mass is 32.2. The number of likely N-dealkylation sites (N-methyl/N-ethyl adjacent to an activating group) is 1. The van der Waals surface area contributed by atoms with Crippen molar-refractivity contribution in [1.29, 1.82) is 0 Å². The Labute approximate surface area is 158 Å². The van der Waals surface area contributed by atoms with Gasteiger partial charge in [-0.2, -0.15) is 0 Å². The monoisotopic (exact) mass is 372 g/mol. The van der Waals surface area contributed by atoms with Crippen LogP contribution in [0.1, 0.15) is 17.2 Å². The predicted octanol–water partition coefficient (Wildman–Crippen LogP) is 4.11. The third-order valence-electron chi connectivity index (χ3n) is 5.24. The minimum Gasteiger partial charge on any atom is -0.508 e. The molecule has 1 atom stereocenters. The minimum atomic E-state index is 0.353. The molecule has 3 nitrogen and oxygen atoms in total. The molecule has 0 spiro atoms. The summed E-state index contributed by atoms with van der Waals surface area (Å²) in [7, 11) is 2.21. The highest BCUT2D eigenvalue weighted by Gasteiger charge is 2.29. The summed E-state index contributed by atoms with van der Waals surface area (Å²) in [4.78, 5) is 8.90. The maximum Gasteiger partial charge on any atom is 0.116 e. The number of benzene rings is 2. The molecule has 2 aliphatic heterocycles. The number of phenols is 1. The molecule has 25 heavy (non-hydrogen) atoms. The van der Waals surface area contributed by atoms with Crippen LogP contribution in [0.3, 0.4) is 0 Å². The van der Waals surface area contributed by atoms with Gasteiger partial charge in [0.1, 0.15) is 5.75 Å². The van der Waals surface area contributed by atoms with E-state index in [0.717, 1.165) is 32.6 Å². The summed E-state index contributed by atoms with van der Waals surface area (Å²) < 4.78 is 0. The van der Waals surface area contributed by atoms with Crippen LogP contribution >= 0.6 is 23.5 Å². The van der Waals surface area contributed by atoms with Crippen LogP contribution in [0.5, 0.6) is 5.75 Å². The van der Waals surface area contributed by atoms with E-state index in [1.807, 2.05) is 23.9 Å². The van der Waals surface area contributed by atoms with Gasteiger partial charge in [-0.1, -0.05) is 17.8 Å². The fourth-order valence-corrected chi connectivity index (χ4v) is 5.31. The van der Waals surface area contributed by atoms with E-state index < -0.39 is 0 Å². The van der Waals surface area contributed by atoms with Crippen molar-refractivity contribution in [3.05, 3.63) is 47.5 Å². The third kappa shape index (κ3) is 3.56. The van der Waals surface area contributed by atoms with E-state index in [9.17, 15) is 5.11 Å². The summed E-state index contributed by atoms with van der Waals surface area (Å²) in [5.74, 6) is 0.353. The van der Waals surface area contributed by atoms with E-state index in [1.165, 1.54) is 25.8 Å². The van der Waals surface area contributed by atoms with Crippen molar-refractivity contribution in [2.45, 2.75) is 27.1 Å². The number of piperazine rings is 1. The molecular formula is C20H24N2OS2. The van der Waals surface area contributed by atoms with Gasteiger partial charge >= 0.3 is 0 Å². The summed E-state index contributed by atoms with van der Waals surface area (Å²) in [6.45, 7) is 4.48. The van der Waals surface area contributed by atoms with Crippen LogP contribution < -0.4 is 0 Å². The second-order valence-electron chi connectivity index (χ2n) is 6.86. The van der Waals surface area contributed by atoms with Crippen molar-refractivity contribution >= 4 is 23.5 Å². The molecule has 0 aliphatic carbocycles. The van der Waals surface area contributed by atoms with Gasteiger partial charge in [0.15, 0.2) is 0 Å². The summed E-state index contributed by atoms with van der Waals surface area (Å²) in [5, 5.41) is 9.92. The largest absolute Gasteiger partial charge is 0.508 e. The number of hydrogen-bond acceptors (Lipinski definition) is 5. The highest BCUT2D eigenvalue weighted by molar-refractivity contribution is 7.99.